The summed E-state index contributed by atoms with van der Waals surface area (Å²) in [5.74, 6) is -0.953. The predicted octanol–water partition coefficient (Wildman–Crippen LogP) is 0.771. The number of carbonyl (C=O) groups excluding carboxylic acids is 2. The number of ether oxygens (including phenoxy) is 1. The van der Waals surface area contributed by atoms with Crippen molar-refractivity contribution in [2.75, 3.05) is 19.0 Å². The summed E-state index contributed by atoms with van der Waals surface area (Å²) in [4.78, 5) is 27.4. The van der Waals surface area contributed by atoms with Crippen molar-refractivity contribution < 1.29 is 14.3 Å². The third-order valence-corrected chi connectivity index (χ3v) is 3.25. The molecule has 6 nitrogen and oxygen atoms in total. The van der Waals surface area contributed by atoms with Gasteiger partial charge in [0.25, 0.3) is 0 Å². The Bertz CT molecular complexity index is 430. The molecule has 0 saturated carbocycles. The Morgan fingerprint density at radius 1 is 1.59 bits per heavy atom. The molecule has 0 aliphatic carbocycles. The second-order valence-electron chi connectivity index (χ2n) is 3.55. The monoisotopic (exact) mass is 257 g/mol. The van der Waals surface area contributed by atoms with E-state index in [2.05, 4.69) is 15.0 Å². The second-order valence-corrected chi connectivity index (χ2v) is 4.55. The van der Waals surface area contributed by atoms with Crippen LogP contribution in [0, 0.1) is 12.8 Å². The van der Waals surface area contributed by atoms with E-state index in [1.54, 1.807) is 13.8 Å². The van der Waals surface area contributed by atoms with Crippen molar-refractivity contribution in [2.24, 2.45) is 11.7 Å². The molecule has 0 fully saturated rings. The normalized spacial score (nSPS) is 12.0. The third-order valence-electron chi connectivity index (χ3n) is 2.20. The summed E-state index contributed by atoms with van der Waals surface area (Å²) >= 11 is 1.09. The molecule has 0 bridgehead atoms. The van der Waals surface area contributed by atoms with Gasteiger partial charge < -0.3 is 15.8 Å². The van der Waals surface area contributed by atoms with Gasteiger partial charge in [0.1, 0.15) is 4.88 Å². The second kappa shape index (κ2) is 5.74. The van der Waals surface area contributed by atoms with Crippen LogP contribution in [0.1, 0.15) is 22.3 Å². The minimum Gasteiger partial charge on any atom is -0.465 e. The van der Waals surface area contributed by atoms with Crippen LogP contribution in [0.4, 0.5) is 5.13 Å². The molecule has 0 aliphatic rings. The number of amides is 1. The lowest BCUT2D eigenvalue weighted by atomic mass is 10.2. The Hall–Kier alpha value is -1.47. The van der Waals surface area contributed by atoms with E-state index in [0.717, 1.165) is 11.3 Å². The highest BCUT2D eigenvalue weighted by atomic mass is 32.1. The molecule has 0 aliphatic heterocycles. The van der Waals surface area contributed by atoms with Crippen LogP contribution >= 0.6 is 11.3 Å². The zero-order valence-corrected chi connectivity index (χ0v) is 10.8. The molecule has 1 atom stereocenters. The first kappa shape index (κ1) is 13.6. The largest absolute Gasteiger partial charge is 0.465 e. The highest BCUT2D eigenvalue weighted by molar-refractivity contribution is 7.17. The van der Waals surface area contributed by atoms with Gasteiger partial charge in [-0.1, -0.05) is 18.3 Å². The minimum atomic E-state index is -0.452. The summed E-state index contributed by atoms with van der Waals surface area (Å²) in [6.45, 7) is 3.67. The number of hydrogen-bond donors (Lipinski definition) is 2. The van der Waals surface area contributed by atoms with Crippen molar-refractivity contribution in [3.63, 3.8) is 0 Å². The number of methoxy groups -OCH3 is 1. The topological polar surface area (TPSA) is 94.3 Å². The van der Waals surface area contributed by atoms with Crippen LogP contribution in [0.3, 0.4) is 0 Å². The van der Waals surface area contributed by atoms with Crippen molar-refractivity contribution >= 4 is 28.3 Å². The summed E-state index contributed by atoms with van der Waals surface area (Å²) in [5, 5.41) is 3.00. The van der Waals surface area contributed by atoms with Gasteiger partial charge in [-0.2, -0.15) is 0 Å². The average molecular weight is 257 g/mol. The number of nitrogens with two attached hydrogens (primary N) is 1. The van der Waals surface area contributed by atoms with Gasteiger partial charge in [-0.3, -0.25) is 4.79 Å². The number of aromatic nitrogens is 1. The lowest BCUT2D eigenvalue weighted by molar-refractivity contribution is -0.119. The fourth-order valence-corrected chi connectivity index (χ4v) is 1.96. The first-order valence-corrected chi connectivity index (χ1v) is 5.88. The summed E-state index contributed by atoms with van der Waals surface area (Å²) < 4.78 is 4.60. The SMILES string of the molecule is COC(=O)c1sc(NC(=O)C(C)CN)nc1C. The van der Waals surface area contributed by atoms with Crippen molar-refractivity contribution in [3.8, 4) is 0 Å². The Morgan fingerprint density at radius 3 is 2.76 bits per heavy atom. The number of nitrogens with one attached hydrogen (secondary N) is 1. The summed E-state index contributed by atoms with van der Waals surface area (Å²) in [5.41, 5.74) is 5.92. The maximum Gasteiger partial charge on any atom is 0.350 e. The average Bonchev–Trinajstić information content (AvgIpc) is 2.67. The van der Waals surface area contributed by atoms with E-state index in [9.17, 15) is 9.59 Å². The van der Waals surface area contributed by atoms with Gasteiger partial charge in [0, 0.05) is 12.5 Å². The molecule has 1 unspecified atom stereocenters. The maximum absolute atomic E-state index is 11.6. The highest BCUT2D eigenvalue weighted by Gasteiger charge is 2.18. The molecule has 7 heteroatoms. The van der Waals surface area contributed by atoms with Gasteiger partial charge in [0.05, 0.1) is 12.8 Å². The van der Waals surface area contributed by atoms with E-state index in [4.69, 9.17) is 5.73 Å². The van der Waals surface area contributed by atoms with Gasteiger partial charge in [-0.05, 0) is 6.92 Å². The molecule has 1 amide bonds. The van der Waals surface area contributed by atoms with Crippen LogP contribution in [0.25, 0.3) is 0 Å². The standard InChI is InChI=1S/C10H15N3O3S/c1-5(4-11)8(14)13-10-12-6(2)7(17-10)9(15)16-3/h5H,4,11H2,1-3H3,(H,12,13,14). The summed E-state index contributed by atoms with van der Waals surface area (Å²) in [6.07, 6.45) is 0. The zero-order valence-electron chi connectivity index (χ0n) is 9.94. The Labute approximate surface area is 103 Å². The highest BCUT2D eigenvalue weighted by Crippen LogP contribution is 2.23. The molecule has 1 aromatic rings. The van der Waals surface area contributed by atoms with Gasteiger partial charge in [-0.15, -0.1) is 0 Å². The van der Waals surface area contributed by atoms with Crippen LogP contribution < -0.4 is 11.1 Å². The van der Waals surface area contributed by atoms with E-state index >= 15 is 0 Å². The molecule has 17 heavy (non-hydrogen) atoms. The van der Waals surface area contributed by atoms with E-state index in [-0.39, 0.29) is 18.4 Å². The molecule has 0 saturated heterocycles. The number of aryl methyl sites for hydroxylation is 1. The van der Waals surface area contributed by atoms with Crippen LogP contribution in [-0.4, -0.2) is 30.5 Å². The fraction of sp³-hybridized carbons (Fsp3) is 0.500. The van der Waals surface area contributed by atoms with Gasteiger partial charge in [0.15, 0.2) is 5.13 Å². The van der Waals surface area contributed by atoms with Crippen molar-refractivity contribution in [3.05, 3.63) is 10.6 Å². The molecule has 0 radical (unpaired) electrons. The number of anilines is 1. The smallest absolute Gasteiger partial charge is 0.350 e. The first-order chi connectivity index (χ1) is 7.99. The number of hydrogen-bond acceptors (Lipinski definition) is 6. The number of esters is 1. The van der Waals surface area contributed by atoms with E-state index < -0.39 is 5.97 Å². The van der Waals surface area contributed by atoms with Crippen LogP contribution in [0.5, 0.6) is 0 Å². The third kappa shape index (κ3) is 3.24. The quantitative estimate of drug-likeness (QED) is 0.777. The van der Waals surface area contributed by atoms with Gasteiger partial charge in [-0.25, -0.2) is 9.78 Å². The van der Waals surface area contributed by atoms with Gasteiger partial charge >= 0.3 is 5.97 Å². The molecular weight excluding hydrogens is 242 g/mol. The molecule has 0 spiro atoms. The number of nitrogens with zero attached hydrogens (tertiary/aromatic N) is 1. The number of rotatable bonds is 4. The van der Waals surface area contributed by atoms with Gasteiger partial charge in [0.2, 0.25) is 5.91 Å². The Kier molecular flexibility index (Phi) is 4.59. The molecule has 94 valence electrons. The lowest BCUT2D eigenvalue weighted by Crippen LogP contribution is -2.26. The van der Waals surface area contributed by atoms with Crippen LogP contribution in [0.2, 0.25) is 0 Å². The summed E-state index contributed by atoms with van der Waals surface area (Å²) in [6, 6.07) is 0. The van der Waals surface area contributed by atoms with Crippen molar-refractivity contribution in [1.82, 2.24) is 4.98 Å². The van der Waals surface area contributed by atoms with E-state index in [0.29, 0.717) is 15.7 Å². The van der Waals surface area contributed by atoms with Crippen LogP contribution in [-0.2, 0) is 9.53 Å². The minimum absolute atomic E-state index is 0.210. The Balaban J connectivity index is 2.81. The van der Waals surface area contributed by atoms with Crippen molar-refractivity contribution in [1.29, 1.82) is 0 Å². The molecule has 1 heterocycles. The Morgan fingerprint density at radius 2 is 2.24 bits per heavy atom. The number of thiazole rings is 1. The van der Waals surface area contributed by atoms with E-state index in [1.165, 1.54) is 7.11 Å². The number of carbonyl (C=O) groups is 2. The molecule has 1 rings (SSSR count). The van der Waals surface area contributed by atoms with E-state index in [1.807, 2.05) is 0 Å². The molecular formula is C10H15N3O3S. The van der Waals surface area contributed by atoms with Crippen LogP contribution in [0.15, 0.2) is 0 Å². The first-order valence-electron chi connectivity index (χ1n) is 5.06. The molecule has 1 aromatic heterocycles. The zero-order chi connectivity index (χ0) is 13.0. The predicted molar refractivity (Wildman–Crippen MR) is 65.0 cm³/mol. The summed E-state index contributed by atoms with van der Waals surface area (Å²) in [7, 11) is 1.30. The lowest BCUT2D eigenvalue weighted by Gasteiger charge is -2.06. The molecule has 3 N–H and O–H groups in total. The fourth-order valence-electron chi connectivity index (χ4n) is 1.07. The van der Waals surface area contributed by atoms with Crippen molar-refractivity contribution in [2.45, 2.75) is 13.8 Å². The maximum atomic E-state index is 11.6. The molecule has 0 aromatic carbocycles.